The first-order valence-electron chi connectivity index (χ1n) is 5.63. The first-order valence-corrected chi connectivity index (χ1v) is 6.43. The molecule has 1 N–H and O–H groups in total. The van der Waals surface area contributed by atoms with E-state index in [2.05, 4.69) is 59.4 Å². The van der Waals surface area contributed by atoms with E-state index in [-0.39, 0.29) is 0 Å². The van der Waals surface area contributed by atoms with Crippen molar-refractivity contribution in [3.63, 3.8) is 0 Å². The van der Waals surface area contributed by atoms with Gasteiger partial charge < -0.3 is 5.32 Å². The molecular formula is C13H20BrN. The van der Waals surface area contributed by atoms with Crippen LogP contribution in [0.3, 0.4) is 0 Å². The molecule has 0 aromatic heterocycles. The second-order valence-corrected chi connectivity index (χ2v) is 5.26. The second-order valence-electron chi connectivity index (χ2n) is 4.34. The molecule has 0 spiro atoms. The molecule has 1 aromatic carbocycles. The van der Waals surface area contributed by atoms with Gasteiger partial charge in [0.25, 0.3) is 0 Å². The third-order valence-corrected chi connectivity index (χ3v) is 2.85. The van der Waals surface area contributed by atoms with Crippen LogP contribution in [0.2, 0.25) is 0 Å². The summed E-state index contributed by atoms with van der Waals surface area (Å²) in [6.45, 7) is 6.63. The topological polar surface area (TPSA) is 12.0 Å². The Morgan fingerprint density at radius 2 is 2.13 bits per heavy atom. The molecule has 0 atom stereocenters. The van der Waals surface area contributed by atoms with Gasteiger partial charge in [-0.25, -0.2) is 0 Å². The van der Waals surface area contributed by atoms with Gasteiger partial charge >= 0.3 is 0 Å². The largest absolute Gasteiger partial charge is 0.313 e. The van der Waals surface area contributed by atoms with Crippen molar-refractivity contribution in [2.24, 2.45) is 5.92 Å². The second kappa shape index (κ2) is 7.02. The summed E-state index contributed by atoms with van der Waals surface area (Å²) < 4.78 is 1.16. The predicted molar refractivity (Wildman–Crippen MR) is 69.9 cm³/mol. The van der Waals surface area contributed by atoms with Crippen molar-refractivity contribution in [2.45, 2.75) is 33.2 Å². The van der Waals surface area contributed by atoms with Crippen LogP contribution in [0.4, 0.5) is 0 Å². The minimum atomic E-state index is 0.817. The van der Waals surface area contributed by atoms with Crippen molar-refractivity contribution in [3.8, 4) is 0 Å². The normalized spacial score (nSPS) is 10.9. The molecule has 0 saturated heterocycles. The third-order valence-electron chi connectivity index (χ3n) is 2.35. The standard InChI is InChI=1S/C13H20BrN/c1-11(2)5-4-8-15-10-12-6-3-7-13(14)9-12/h3,6-7,9,11,15H,4-5,8,10H2,1-2H3. The van der Waals surface area contributed by atoms with Crippen molar-refractivity contribution >= 4 is 15.9 Å². The molecule has 0 saturated carbocycles. The van der Waals surface area contributed by atoms with E-state index in [9.17, 15) is 0 Å². The fraction of sp³-hybridized carbons (Fsp3) is 0.538. The Labute approximate surface area is 101 Å². The first-order chi connectivity index (χ1) is 7.18. The molecule has 0 aliphatic heterocycles. The zero-order valence-electron chi connectivity index (χ0n) is 9.59. The lowest BCUT2D eigenvalue weighted by Crippen LogP contribution is -2.15. The Morgan fingerprint density at radius 1 is 1.33 bits per heavy atom. The van der Waals surface area contributed by atoms with Crippen molar-refractivity contribution in [3.05, 3.63) is 34.3 Å². The summed E-state index contributed by atoms with van der Waals surface area (Å²) in [6, 6.07) is 8.45. The maximum atomic E-state index is 3.48. The highest BCUT2D eigenvalue weighted by Gasteiger charge is 1.95. The summed E-state index contributed by atoms with van der Waals surface area (Å²) in [4.78, 5) is 0. The molecule has 15 heavy (non-hydrogen) atoms. The van der Waals surface area contributed by atoms with Crippen LogP contribution in [0.5, 0.6) is 0 Å². The van der Waals surface area contributed by atoms with E-state index in [0.29, 0.717) is 0 Å². The van der Waals surface area contributed by atoms with Crippen molar-refractivity contribution in [1.29, 1.82) is 0 Å². The molecule has 2 heteroatoms. The van der Waals surface area contributed by atoms with E-state index in [0.717, 1.165) is 23.5 Å². The monoisotopic (exact) mass is 269 g/mol. The zero-order valence-corrected chi connectivity index (χ0v) is 11.2. The minimum Gasteiger partial charge on any atom is -0.313 e. The molecule has 0 radical (unpaired) electrons. The van der Waals surface area contributed by atoms with Crippen LogP contribution in [-0.4, -0.2) is 6.54 Å². The summed E-state index contributed by atoms with van der Waals surface area (Å²) in [5, 5.41) is 3.46. The highest BCUT2D eigenvalue weighted by Crippen LogP contribution is 2.11. The number of halogens is 1. The zero-order chi connectivity index (χ0) is 11.1. The van der Waals surface area contributed by atoms with Crippen LogP contribution in [0.15, 0.2) is 28.7 Å². The molecule has 0 bridgehead atoms. The van der Waals surface area contributed by atoms with E-state index in [4.69, 9.17) is 0 Å². The van der Waals surface area contributed by atoms with Crippen molar-refractivity contribution in [2.75, 3.05) is 6.54 Å². The summed E-state index contributed by atoms with van der Waals surface area (Å²) in [5.74, 6) is 0.817. The van der Waals surface area contributed by atoms with Gasteiger partial charge in [-0.2, -0.15) is 0 Å². The van der Waals surface area contributed by atoms with Gasteiger partial charge in [0.15, 0.2) is 0 Å². The van der Waals surface area contributed by atoms with Crippen LogP contribution < -0.4 is 5.32 Å². The molecule has 0 amide bonds. The Hall–Kier alpha value is -0.340. The Morgan fingerprint density at radius 3 is 2.80 bits per heavy atom. The van der Waals surface area contributed by atoms with Crippen molar-refractivity contribution < 1.29 is 0 Å². The number of hydrogen-bond donors (Lipinski definition) is 1. The van der Waals surface area contributed by atoms with E-state index in [1.54, 1.807) is 0 Å². The highest BCUT2D eigenvalue weighted by atomic mass is 79.9. The minimum absolute atomic E-state index is 0.817. The molecule has 84 valence electrons. The number of hydrogen-bond acceptors (Lipinski definition) is 1. The Bertz CT molecular complexity index is 284. The highest BCUT2D eigenvalue weighted by molar-refractivity contribution is 9.10. The average Bonchev–Trinajstić information content (AvgIpc) is 2.17. The third kappa shape index (κ3) is 5.95. The summed E-state index contributed by atoms with van der Waals surface area (Å²) in [7, 11) is 0. The van der Waals surface area contributed by atoms with E-state index in [1.165, 1.54) is 18.4 Å². The molecule has 0 aliphatic carbocycles. The number of rotatable bonds is 6. The van der Waals surface area contributed by atoms with Gasteiger partial charge in [-0.15, -0.1) is 0 Å². The summed E-state index contributed by atoms with van der Waals surface area (Å²) in [6.07, 6.45) is 2.58. The molecular weight excluding hydrogens is 250 g/mol. The van der Waals surface area contributed by atoms with E-state index >= 15 is 0 Å². The first kappa shape index (κ1) is 12.7. The molecule has 0 heterocycles. The number of benzene rings is 1. The Balaban J connectivity index is 2.15. The van der Waals surface area contributed by atoms with Crippen LogP contribution in [-0.2, 0) is 6.54 Å². The lowest BCUT2D eigenvalue weighted by atomic mass is 10.1. The van der Waals surface area contributed by atoms with Crippen LogP contribution in [0, 0.1) is 5.92 Å². The fourth-order valence-corrected chi connectivity index (χ4v) is 1.96. The predicted octanol–water partition coefficient (Wildman–Crippen LogP) is 3.97. The average molecular weight is 270 g/mol. The molecule has 1 rings (SSSR count). The smallest absolute Gasteiger partial charge is 0.0205 e. The Kier molecular flexibility index (Phi) is 5.96. The van der Waals surface area contributed by atoms with E-state index < -0.39 is 0 Å². The molecule has 0 unspecified atom stereocenters. The molecule has 0 fully saturated rings. The SMILES string of the molecule is CC(C)CCCNCc1cccc(Br)c1. The number of nitrogens with one attached hydrogen (secondary N) is 1. The van der Waals surface area contributed by atoms with Gasteiger partial charge in [0.05, 0.1) is 0 Å². The lowest BCUT2D eigenvalue weighted by molar-refractivity contribution is 0.527. The van der Waals surface area contributed by atoms with Gasteiger partial charge in [-0.1, -0.05) is 41.9 Å². The van der Waals surface area contributed by atoms with Crippen LogP contribution in [0.25, 0.3) is 0 Å². The fourth-order valence-electron chi connectivity index (χ4n) is 1.51. The lowest BCUT2D eigenvalue weighted by Gasteiger charge is -2.06. The maximum Gasteiger partial charge on any atom is 0.0205 e. The van der Waals surface area contributed by atoms with Gasteiger partial charge in [-0.3, -0.25) is 0 Å². The molecule has 0 aliphatic rings. The molecule has 1 nitrogen and oxygen atoms in total. The maximum absolute atomic E-state index is 3.48. The van der Waals surface area contributed by atoms with Crippen LogP contribution in [0.1, 0.15) is 32.3 Å². The van der Waals surface area contributed by atoms with Gasteiger partial charge in [-0.05, 0) is 43.0 Å². The summed E-state index contributed by atoms with van der Waals surface area (Å²) >= 11 is 3.48. The van der Waals surface area contributed by atoms with E-state index in [1.807, 2.05) is 0 Å². The van der Waals surface area contributed by atoms with Crippen LogP contribution >= 0.6 is 15.9 Å². The molecule has 1 aromatic rings. The van der Waals surface area contributed by atoms with Crippen molar-refractivity contribution in [1.82, 2.24) is 5.32 Å². The van der Waals surface area contributed by atoms with Gasteiger partial charge in [0, 0.05) is 11.0 Å². The quantitative estimate of drug-likeness (QED) is 0.771. The van der Waals surface area contributed by atoms with Gasteiger partial charge in [0.1, 0.15) is 0 Å². The van der Waals surface area contributed by atoms with Gasteiger partial charge in [0.2, 0.25) is 0 Å². The summed E-state index contributed by atoms with van der Waals surface area (Å²) in [5.41, 5.74) is 1.34.